The zero-order valence-electron chi connectivity index (χ0n) is 11.7. The number of hydrogen-bond donors (Lipinski definition) is 0. The van der Waals surface area contributed by atoms with Crippen LogP contribution in [0.2, 0.25) is 10.2 Å². The summed E-state index contributed by atoms with van der Waals surface area (Å²) < 4.78 is 13.2. The first kappa shape index (κ1) is 15.4. The van der Waals surface area contributed by atoms with Gasteiger partial charge in [0.2, 0.25) is 0 Å². The predicted molar refractivity (Wildman–Crippen MR) is 91.4 cm³/mol. The Kier molecular flexibility index (Phi) is 4.45. The molecular formula is C16H12Cl2N2OS. The van der Waals surface area contributed by atoms with Gasteiger partial charge in [0.25, 0.3) is 0 Å². The van der Waals surface area contributed by atoms with Crippen LogP contribution < -0.4 is 0 Å². The molecule has 0 radical (unpaired) electrons. The van der Waals surface area contributed by atoms with E-state index in [2.05, 4.69) is 5.10 Å². The summed E-state index contributed by atoms with van der Waals surface area (Å²) in [5.41, 5.74) is 2.68. The molecule has 0 aliphatic heterocycles. The Balaban J connectivity index is 2.06. The SMILES string of the molecule is C[S+]([O-])c1ccc(-c2cc(Cl)nn2-c2ccc(Cl)cc2)cc1. The van der Waals surface area contributed by atoms with E-state index in [-0.39, 0.29) is 0 Å². The average molecular weight is 351 g/mol. The van der Waals surface area contributed by atoms with Gasteiger partial charge in [0.1, 0.15) is 6.26 Å². The lowest BCUT2D eigenvalue weighted by molar-refractivity contribution is 0.601. The van der Waals surface area contributed by atoms with Gasteiger partial charge in [-0.25, -0.2) is 4.68 Å². The summed E-state index contributed by atoms with van der Waals surface area (Å²) in [6, 6.07) is 16.7. The summed E-state index contributed by atoms with van der Waals surface area (Å²) in [6.45, 7) is 0. The van der Waals surface area contributed by atoms with E-state index in [1.54, 1.807) is 29.1 Å². The molecule has 1 unspecified atom stereocenters. The van der Waals surface area contributed by atoms with Gasteiger partial charge in [0.15, 0.2) is 10.0 Å². The van der Waals surface area contributed by atoms with Gasteiger partial charge < -0.3 is 4.55 Å². The molecule has 0 bridgehead atoms. The van der Waals surface area contributed by atoms with E-state index in [4.69, 9.17) is 23.2 Å². The monoisotopic (exact) mass is 350 g/mol. The van der Waals surface area contributed by atoms with Crippen LogP contribution in [0.5, 0.6) is 0 Å². The normalized spacial score (nSPS) is 12.4. The lowest BCUT2D eigenvalue weighted by Gasteiger charge is -2.09. The van der Waals surface area contributed by atoms with E-state index >= 15 is 0 Å². The molecule has 0 aliphatic carbocycles. The highest BCUT2D eigenvalue weighted by Crippen LogP contribution is 2.27. The Labute approximate surface area is 141 Å². The first-order valence-corrected chi connectivity index (χ1v) is 8.81. The third-order valence-corrected chi connectivity index (χ3v) is 4.61. The minimum absolute atomic E-state index is 0.410. The Morgan fingerprint density at radius 3 is 2.23 bits per heavy atom. The van der Waals surface area contributed by atoms with Gasteiger partial charge in [0.05, 0.1) is 11.4 Å². The quantitative estimate of drug-likeness (QED) is 0.648. The maximum absolute atomic E-state index is 11.5. The highest BCUT2D eigenvalue weighted by Gasteiger charge is 2.12. The standard InChI is InChI=1S/C16H12Cl2N2OS/c1-22(21)14-8-2-11(3-9-14)15-10-16(18)19-20(15)13-6-4-12(17)5-7-13/h2-10H,1H3. The van der Waals surface area contributed by atoms with Crippen LogP contribution in [0.25, 0.3) is 16.9 Å². The lowest BCUT2D eigenvalue weighted by Crippen LogP contribution is -2.00. The van der Waals surface area contributed by atoms with Crippen molar-refractivity contribution < 1.29 is 4.55 Å². The Morgan fingerprint density at radius 1 is 1.00 bits per heavy atom. The van der Waals surface area contributed by atoms with Crippen molar-refractivity contribution >= 4 is 34.4 Å². The van der Waals surface area contributed by atoms with E-state index in [1.807, 2.05) is 36.4 Å². The van der Waals surface area contributed by atoms with Gasteiger partial charge in [-0.2, -0.15) is 5.10 Å². The molecule has 22 heavy (non-hydrogen) atoms. The summed E-state index contributed by atoms with van der Waals surface area (Å²) in [7, 11) is 0. The minimum Gasteiger partial charge on any atom is -0.612 e. The minimum atomic E-state index is -0.996. The second kappa shape index (κ2) is 6.34. The molecular weight excluding hydrogens is 339 g/mol. The summed E-state index contributed by atoms with van der Waals surface area (Å²) in [5, 5.41) is 5.40. The number of rotatable bonds is 3. The zero-order valence-corrected chi connectivity index (χ0v) is 14.0. The van der Waals surface area contributed by atoms with Crippen molar-refractivity contribution in [3.63, 3.8) is 0 Å². The topological polar surface area (TPSA) is 40.9 Å². The summed E-state index contributed by atoms with van der Waals surface area (Å²) >= 11 is 11.0. The van der Waals surface area contributed by atoms with Crippen molar-refractivity contribution in [2.45, 2.75) is 4.90 Å². The molecule has 0 amide bonds. The number of benzene rings is 2. The van der Waals surface area contributed by atoms with Crippen molar-refractivity contribution in [1.29, 1.82) is 0 Å². The molecule has 2 aromatic carbocycles. The average Bonchev–Trinajstić information content (AvgIpc) is 2.90. The molecule has 1 atom stereocenters. The Bertz CT molecular complexity index is 783. The number of halogens is 2. The molecule has 0 saturated heterocycles. The molecule has 112 valence electrons. The van der Waals surface area contributed by atoms with Crippen LogP contribution in [0.15, 0.2) is 59.5 Å². The highest BCUT2D eigenvalue weighted by molar-refractivity contribution is 7.90. The van der Waals surface area contributed by atoms with E-state index in [0.717, 1.165) is 21.8 Å². The highest BCUT2D eigenvalue weighted by atomic mass is 35.5. The van der Waals surface area contributed by atoms with E-state index in [1.165, 1.54) is 0 Å². The predicted octanol–water partition coefficient (Wildman–Crippen LogP) is 4.58. The van der Waals surface area contributed by atoms with Crippen molar-refractivity contribution in [2.24, 2.45) is 0 Å². The maximum atomic E-state index is 11.5. The molecule has 0 spiro atoms. The molecule has 6 heteroatoms. The van der Waals surface area contributed by atoms with Crippen LogP contribution in [0.3, 0.4) is 0 Å². The fraction of sp³-hybridized carbons (Fsp3) is 0.0625. The van der Waals surface area contributed by atoms with Gasteiger partial charge in [-0.05, 0) is 59.7 Å². The summed E-state index contributed by atoms with van der Waals surface area (Å²) in [4.78, 5) is 0.785. The zero-order chi connectivity index (χ0) is 15.7. The fourth-order valence-corrected chi connectivity index (χ4v) is 2.98. The second-order valence-electron chi connectivity index (χ2n) is 4.72. The lowest BCUT2D eigenvalue weighted by atomic mass is 10.1. The maximum Gasteiger partial charge on any atom is 0.152 e. The molecule has 3 rings (SSSR count). The number of hydrogen-bond acceptors (Lipinski definition) is 2. The van der Waals surface area contributed by atoms with E-state index in [9.17, 15) is 4.55 Å². The molecule has 1 aromatic heterocycles. The van der Waals surface area contributed by atoms with E-state index in [0.29, 0.717) is 10.2 Å². The van der Waals surface area contributed by atoms with Gasteiger partial charge in [-0.1, -0.05) is 23.2 Å². The Hall–Kier alpha value is -1.46. The number of nitrogens with zero attached hydrogens (tertiary/aromatic N) is 2. The van der Waals surface area contributed by atoms with Gasteiger partial charge in [0, 0.05) is 16.7 Å². The van der Waals surface area contributed by atoms with E-state index < -0.39 is 11.2 Å². The van der Waals surface area contributed by atoms with Crippen LogP contribution >= 0.6 is 23.2 Å². The smallest absolute Gasteiger partial charge is 0.152 e. The Morgan fingerprint density at radius 2 is 1.64 bits per heavy atom. The fourth-order valence-electron chi connectivity index (χ4n) is 2.15. The molecule has 0 fully saturated rings. The third-order valence-electron chi connectivity index (χ3n) is 3.23. The van der Waals surface area contributed by atoms with Crippen molar-refractivity contribution in [1.82, 2.24) is 9.78 Å². The third kappa shape index (κ3) is 3.15. The van der Waals surface area contributed by atoms with Crippen LogP contribution in [0, 0.1) is 0 Å². The van der Waals surface area contributed by atoms with Gasteiger partial charge in [-0.3, -0.25) is 0 Å². The molecule has 0 saturated carbocycles. The summed E-state index contributed by atoms with van der Waals surface area (Å²) in [5.74, 6) is 0. The van der Waals surface area contributed by atoms with Crippen LogP contribution in [0.4, 0.5) is 0 Å². The van der Waals surface area contributed by atoms with Crippen molar-refractivity contribution in [3.8, 4) is 16.9 Å². The summed E-state index contributed by atoms with van der Waals surface area (Å²) in [6.07, 6.45) is 1.66. The van der Waals surface area contributed by atoms with Crippen LogP contribution in [0.1, 0.15) is 0 Å². The molecule has 3 aromatic rings. The van der Waals surface area contributed by atoms with Crippen molar-refractivity contribution in [3.05, 3.63) is 64.8 Å². The van der Waals surface area contributed by atoms with Crippen LogP contribution in [-0.2, 0) is 11.2 Å². The van der Waals surface area contributed by atoms with Crippen LogP contribution in [-0.4, -0.2) is 20.6 Å². The molecule has 1 heterocycles. The first-order valence-electron chi connectivity index (χ1n) is 6.50. The van der Waals surface area contributed by atoms with Crippen molar-refractivity contribution in [2.75, 3.05) is 6.26 Å². The molecule has 0 aliphatic rings. The van der Waals surface area contributed by atoms with Gasteiger partial charge >= 0.3 is 0 Å². The van der Waals surface area contributed by atoms with Gasteiger partial charge in [-0.15, -0.1) is 0 Å². The molecule has 0 N–H and O–H groups in total. The number of aromatic nitrogens is 2. The largest absolute Gasteiger partial charge is 0.612 e. The first-order chi connectivity index (χ1) is 10.5. The molecule has 3 nitrogen and oxygen atoms in total. The second-order valence-corrected chi connectivity index (χ2v) is 6.92.